The molecule has 1 unspecified atom stereocenters. The molecular formula is C23H22N6O. The summed E-state index contributed by atoms with van der Waals surface area (Å²) in [7, 11) is 0. The van der Waals surface area contributed by atoms with Crippen molar-refractivity contribution < 1.29 is 4.79 Å². The number of carbonyl (C=O) groups is 1. The van der Waals surface area contributed by atoms with Gasteiger partial charge in [-0.2, -0.15) is 0 Å². The highest BCUT2D eigenvalue weighted by atomic mass is 16.1. The van der Waals surface area contributed by atoms with Crippen LogP contribution < -0.4 is 5.32 Å². The number of rotatable bonds is 4. The van der Waals surface area contributed by atoms with Gasteiger partial charge in [-0.15, -0.1) is 10.2 Å². The topological polar surface area (TPSA) is 85.6 Å². The first-order chi connectivity index (χ1) is 14.8. The van der Waals surface area contributed by atoms with Crippen LogP contribution in [0.2, 0.25) is 0 Å². The minimum Gasteiger partial charge on any atom is -0.349 e. The van der Waals surface area contributed by atoms with Crippen LogP contribution in [-0.4, -0.2) is 36.7 Å². The van der Waals surface area contributed by atoms with Crippen molar-refractivity contribution >= 4 is 16.9 Å². The molecule has 0 bridgehead atoms. The molecule has 30 heavy (non-hydrogen) atoms. The molecule has 0 saturated carbocycles. The lowest BCUT2D eigenvalue weighted by Gasteiger charge is -2.16. The Hall–Kier alpha value is -3.61. The molecule has 2 aromatic carbocycles. The van der Waals surface area contributed by atoms with Crippen LogP contribution in [-0.2, 0) is 19.4 Å². The Morgan fingerprint density at radius 2 is 1.83 bits per heavy atom. The molecule has 1 aliphatic rings. The summed E-state index contributed by atoms with van der Waals surface area (Å²) in [5.74, 6) is 1.91. The summed E-state index contributed by atoms with van der Waals surface area (Å²) in [6.45, 7) is 0.804. The lowest BCUT2D eigenvalue weighted by molar-refractivity contribution is 0.0933. The molecule has 1 N–H and O–H groups in total. The minimum absolute atomic E-state index is 0.0743. The molecule has 7 heteroatoms. The highest BCUT2D eigenvalue weighted by Gasteiger charge is 2.22. The van der Waals surface area contributed by atoms with E-state index < -0.39 is 0 Å². The molecule has 0 aliphatic carbocycles. The smallest absolute Gasteiger partial charge is 0.251 e. The van der Waals surface area contributed by atoms with Crippen LogP contribution in [0.5, 0.6) is 0 Å². The second-order valence-corrected chi connectivity index (χ2v) is 7.60. The first-order valence-electron chi connectivity index (χ1n) is 10.2. The summed E-state index contributed by atoms with van der Waals surface area (Å²) in [6.07, 6.45) is 6.56. The average Bonchev–Trinajstić information content (AvgIpc) is 3.05. The lowest BCUT2D eigenvalue weighted by atomic mass is 10.1. The Morgan fingerprint density at radius 1 is 1.00 bits per heavy atom. The van der Waals surface area contributed by atoms with Gasteiger partial charge in [-0.05, 0) is 36.6 Å². The maximum Gasteiger partial charge on any atom is 0.251 e. The van der Waals surface area contributed by atoms with E-state index in [1.54, 1.807) is 24.5 Å². The minimum atomic E-state index is -0.0743. The van der Waals surface area contributed by atoms with Crippen molar-refractivity contribution in [2.75, 3.05) is 0 Å². The summed E-state index contributed by atoms with van der Waals surface area (Å²) in [6, 6.07) is 15.8. The van der Waals surface area contributed by atoms with E-state index >= 15 is 0 Å². The Labute approximate surface area is 174 Å². The Balaban J connectivity index is 1.26. The first kappa shape index (κ1) is 18.4. The second-order valence-electron chi connectivity index (χ2n) is 7.60. The fourth-order valence-electron chi connectivity index (χ4n) is 3.97. The summed E-state index contributed by atoms with van der Waals surface area (Å²) < 4.78 is 2.21. The van der Waals surface area contributed by atoms with Gasteiger partial charge < -0.3 is 9.88 Å². The third-order valence-corrected chi connectivity index (χ3v) is 5.59. The van der Waals surface area contributed by atoms with Gasteiger partial charge in [0.1, 0.15) is 11.6 Å². The van der Waals surface area contributed by atoms with Gasteiger partial charge in [0.25, 0.3) is 5.91 Å². The number of benzene rings is 2. The van der Waals surface area contributed by atoms with Crippen molar-refractivity contribution in [2.45, 2.75) is 38.3 Å². The second kappa shape index (κ2) is 8.02. The van der Waals surface area contributed by atoms with Gasteiger partial charge in [0.2, 0.25) is 0 Å². The van der Waals surface area contributed by atoms with Gasteiger partial charge in [0.15, 0.2) is 0 Å². The zero-order chi connectivity index (χ0) is 20.3. The van der Waals surface area contributed by atoms with Gasteiger partial charge in [-0.25, -0.2) is 0 Å². The molecular weight excluding hydrogens is 376 g/mol. The van der Waals surface area contributed by atoms with Crippen molar-refractivity contribution in [3.63, 3.8) is 0 Å². The molecule has 3 heterocycles. The van der Waals surface area contributed by atoms with Crippen molar-refractivity contribution in [1.82, 2.24) is 30.0 Å². The monoisotopic (exact) mass is 398 g/mol. The van der Waals surface area contributed by atoms with Crippen LogP contribution in [0.25, 0.3) is 11.0 Å². The number of hydrogen-bond donors (Lipinski definition) is 1. The summed E-state index contributed by atoms with van der Waals surface area (Å²) in [5.41, 5.74) is 3.34. The fraction of sp³-hybridized carbons (Fsp3) is 0.261. The molecule has 0 radical (unpaired) electrons. The van der Waals surface area contributed by atoms with E-state index in [1.165, 1.54) is 5.56 Å². The normalized spacial score (nSPS) is 16.1. The van der Waals surface area contributed by atoms with Crippen LogP contribution in [0.1, 0.15) is 40.4 Å². The molecule has 1 atom stereocenters. The first-order valence-corrected chi connectivity index (χ1v) is 10.2. The number of carbonyl (C=O) groups excluding carboxylic acids is 1. The van der Waals surface area contributed by atoms with E-state index in [4.69, 9.17) is 0 Å². The molecule has 7 nitrogen and oxygen atoms in total. The molecule has 150 valence electrons. The van der Waals surface area contributed by atoms with Crippen molar-refractivity contribution in [3.8, 4) is 0 Å². The Morgan fingerprint density at radius 3 is 2.70 bits per heavy atom. The number of nitrogens with zero attached hydrogens (tertiary/aromatic N) is 5. The molecule has 0 spiro atoms. The third kappa shape index (κ3) is 3.78. The molecule has 0 fully saturated rings. The zero-order valence-electron chi connectivity index (χ0n) is 16.5. The highest BCUT2D eigenvalue weighted by molar-refractivity contribution is 5.97. The Bertz CT molecular complexity index is 1190. The largest absolute Gasteiger partial charge is 0.349 e. The zero-order valence-corrected chi connectivity index (χ0v) is 16.5. The lowest BCUT2D eigenvalue weighted by Crippen LogP contribution is -2.35. The predicted molar refractivity (Wildman–Crippen MR) is 113 cm³/mol. The van der Waals surface area contributed by atoms with Gasteiger partial charge in [0, 0.05) is 43.4 Å². The van der Waals surface area contributed by atoms with E-state index in [0.717, 1.165) is 54.9 Å². The summed E-state index contributed by atoms with van der Waals surface area (Å²) in [4.78, 5) is 21.3. The number of aromatic nitrogens is 5. The van der Waals surface area contributed by atoms with Crippen LogP contribution in [0, 0.1) is 0 Å². The molecule has 5 rings (SSSR count). The average molecular weight is 398 g/mol. The van der Waals surface area contributed by atoms with Gasteiger partial charge >= 0.3 is 0 Å². The van der Waals surface area contributed by atoms with Crippen LogP contribution in [0.15, 0.2) is 60.9 Å². The van der Waals surface area contributed by atoms with Crippen LogP contribution in [0.3, 0.4) is 0 Å². The van der Waals surface area contributed by atoms with Crippen LogP contribution >= 0.6 is 0 Å². The van der Waals surface area contributed by atoms with E-state index in [1.807, 2.05) is 24.3 Å². The van der Waals surface area contributed by atoms with E-state index in [0.29, 0.717) is 5.56 Å². The number of amides is 1. The molecule has 0 saturated heterocycles. The maximum absolute atomic E-state index is 12.8. The quantitative estimate of drug-likeness (QED) is 0.571. The molecule has 1 amide bonds. The fourth-order valence-corrected chi connectivity index (χ4v) is 3.97. The van der Waals surface area contributed by atoms with E-state index in [9.17, 15) is 4.79 Å². The maximum atomic E-state index is 12.8. The highest BCUT2D eigenvalue weighted by Crippen LogP contribution is 2.18. The number of aryl methyl sites for hydroxylation is 1. The molecule has 4 aromatic rings. The van der Waals surface area contributed by atoms with Gasteiger partial charge in [-0.1, -0.05) is 30.3 Å². The van der Waals surface area contributed by atoms with Gasteiger partial charge in [-0.3, -0.25) is 14.8 Å². The SMILES string of the molecule is O=C(NC1CCc2nnc(Cc3ccccc3)n2CC1)c1ccc2nccnc2c1. The summed E-state index contributed by atoms with van der Waals surface area (Å²) in [5, 5.41) is 12.0. The number of nitrogens with one attached hydrogen (secondary N) is 1. The summed E-state index contributed by atoms with van der Waals surface area (Å²) >= 11 is 0. The van der Waals surface area contributed by atoms with Gasteiger partial charge in [0.05, 0.1) is 11.0 Å². The standard InChI is InChI=1S/C23H22N6O/c30-23(17-6-8-19-20(15-17)25-12-11-24-19)26-18-7-9-21-27-28-22(29(21)13-10-18)14-16-4-2-1-3-5-16/h1-6,8,11-12,15,18H,7,9-10,13-14H2,(H,26,30). The number of fused-ring (bicyclic) bond motifs is 2. The van der Waals surface area contributed by atoms with Crippen molar-refractivity contribution in [1.29, 1.82) is 0 Å². The van der Waals surface area contributed by atoms with Crippen molar-refractivity contribution in [2.24, 2.45) is 0 Å². The third-order valence-electron chi connectivity index (χ3n) is 5.59. The van der Waals surface area contributed by atoms with E-state index in [2.05, 4.69) is 42.2 Å². The molecule has 2 aromatic heterocycles. The van der Waals surface area contributed by atoms with Crippen molar-refractivity contribution in [3.05, 3.63) is 83.7 Å². The van der Waals surface area contributed by atoms with E-state index in [-0.39, 0.29) is 11.9 Å². The molecule has 1 aliphatic heterocycles. The predicted octanol–water partition coefficient (Wildman–Crippen LogP) is 2.95. The number of hydrogen-bond acceptors (Lipinski definition) is 5. The van der Waals surface area contributed by atoms with Crippen LogP contribution in [0.4, 0.5) is 0 Å². The Kier molecular flexibility index (Phi) is 4.93.